The lowest BCUT2D eigenvalue weighted by Gasteiger charge is -2.34. The zero-order valence-corrected chi connectivity index (χ0v) is 20.7. The van der Waals surface area contributed by atoms with E-state index < -0.39 is 11.6 Å². The minimum absolute atomic E-state index is 0.0111. The molecule has 0 aliphatic carbocycles. The fraction of sp³-hybridized carbons (Fsp3) is 0.286. The first-order valence-corrected chi connectivity index (χ1v) is 13.1. The van der Waals surface area contributed by atoms with Gasteiger partial charge in [0.15, 0.2) is 5.82 Å². The van der Waals surface area contributed by atoms with E-state index in [0.29, 0.717) is 39.2 Å². The highest BCUT2D eigenvalue weighted by Crippen LogP contribution is 2.41. The maximum atomic E-state index is 16.5. The quantitative estimate of drug-likeness (QED) is 0.290. The van der Waals surface area contributed by atoms with Gasteiger partial charge in [0.25, 0.3) is 0 Å². The number of phenolic OH excluding ortho intramolecular Hbond substituents is 1. The lowest BCUT2D eigenvalue weighted by atomic mass is 9.95. The molecule has 0 spiro atoms. The molecule has 2 fully saturated rings. The number of fused-ring (bicyclic) bond motifs is 4. The van der Waals surface area contributed by atoms with Gasteiger partial charge in [-0.15, -0.1) is 18.2 Å². The number of hydrogen-bond donors (Lipinski definition) is 2. The van der Waals surface area contributed by atoms with Crippen LogP contribution < -0.4 is 10.2 Å². The molecule has 2 bridgehead atoms. The SMILES string of the molecule is C#Cc1c(F)ccc2cc(O)cc(-c3ncc4c(N5CC6CCC(C5)N6)nc(SC)c(C)c4c3F)c12. The largest absolute Gasteiger partial charge is 0.508 e. The fourth-order valence-electron chi connectivity index (χ4n) is 5.72. The normalized spacial score (nSPS) is 19.2. The number of aromatic nitrogens is 2. The van der Waals surface area contributed by atoms with Crippen molar-refractivity contribution in [3.05, 3.63) is 53.2 Å². The molecule has 2 saturated heterocycles. The van der Waals surface area contributed by atoms with Crippen molar-refractivity contribution in [2.24, 2.45) is 0 Å². The van der Waals surface area contributed by atoms with E-state index in [-0.39, 0.29) is 22.6 Å². The van der Waals surface area contributed by atoms with Crippen molar-refractivity contribution in [2.75, 3.05) is 24.2 Å². The lowest BCUT2D eigenvalue weighted by Crippen LogP contribution is -2.51. The van der Waals surface area contributed by atoms with Crippen molar-refractivity contribution >= 4 is 39.1 Å². The summed E-state index contributed by atoms with van der Waals surface area (Å²) in [5, 5.41) is 16.7. The van der Waals surface area contributed by atoms with Gasteiger partial charge in [-0.2, -0.15) is 0 Å². The van der Waals surface area contributed by atoms with Crippen molar-refractivity contribution in [2.45, 2.75) is 36.9 Å². The van der Waals surface area contributed by atoms with Gasteiger partial charge in [-0.1, -0.05) is 12.0 Å². The maximum absolute atomic E-state index is 16.5. The van der Waals surface area contributed by atoms with Gasteiger partial charge in [0.05, 0.1) is 5.56 Å². The van der Waals surface area contributed by atoms with Crippen LogP contribution in [0.5, 0.6) is 5.75 Å². The molecule has 2 aliphatic rings. The molecule has 6 rings (SSSR count). The van der Waals surface area contributed by atoms with Crippen molar-refractivity contribution in [1.29, 1.82) is 0 Å². The summed E-state index contributed by atoms with van der Waals surface area (Å²) >= 11 is 1.47. The standard InChI is InChI=1S/C28H24F2N4OS/c1-4-19-22(29)8-5-15-9-18(35)10-20(24(15)19)26-25(30)23-14(2)28(36-3)33-27(21(23)11-31-26)34-12-16-6-7-17(13-34)32-16/h1,5,8-11,16-17,32,35H,6-7,12-13H2,2-3H3. The second kappa shape index (κ2) is 8.61. The van der Waals surface area contributed by atoms with Gasteiger partial charge in [-0.3, -0.25) is 4.98 Å². The minimum atomic E-state index is -0.584. The number of terminal acetylenes is 1. The number of nitrogens with zero attached hydrogens (tertiary/aromatic N) is 3. The predicted molar refractivity (Wildman–Crippen MR) is 141 cm³/mol. The Balaban J connectivity index is 1.63. The zero-order chi connectivity index (χ0) is 25.1. The Morgan fingerprint density at radius 2 is 1.92 bits per heavy atom. The predicted octanol–water partition coefficient (Wildman–Crippen LogP) is 5.39. The van der Waals surface area contributed by atoms with Gasteiger partial charge in [0.2, 0.25) is 0 Å². The number of thioether (sulfide) groups is 1. The number of anilines is 1. The average molecular weight is 503 g/mol. The highest BCUT2D eigenvalue weighted by atomic mass is 32.2. The molecule has 182 valence electrons. The van der Waals surface area contributed by atoms with E-state index in [9.17, 15) is 9.50 Å². The van der Waals surface area contributed by atoms with Crippen molar-refractivity contribution in [3.8, 4) is 29.4 Å². The van der Waals surface area contributed by atoms with Gasteiger partial charge < -0.3 is 15.3 Å². The van der Waals surface area contributed by atoms with Crippen molar-refractivity contribution in [3.63, 3.8) is 0 Å². The third-order valence-electron chi connectivity index (χ3n) is 7.32. The third-order valence-corrected chi connectivity index (χ3v) is 8.11. The molecule has 5 nitrogen and oxygen atoms in total. The van der Waals surface area contributed by atoms with E-state index in [1.807, 2.05) is 13.2 Å². The van der Waals surface area contributed by atoms with Crippen molar-refractivity contribution in [1.82, 2.24) is 15.3 Å². The number of benzene rings is 2. The van der Waals surface area contributed by atoms with Crippen LogP contribution in [0.3, 0.4) is 0 Å². The fourth-order valence-corrected chi connectivity index (χ4v) is 6.31. The van der Waals surface area contributed by atoms with Gasteiger partial charge in [0.1, 0.15) is 28.1 Å². The first-order chi connectivity index (χ1) is 17.4. The Kier molecular flexibility index (Phi) is 5.51. The molecule has 4 aromatic rings. The van der Waals surface area contributed by atoms with E-state index >= 15 is 4.39 Å². The van der Waals surface area contributed by atoms with Crippen LogP contribution in [0, 0.1) is 30.9 Å². The summed E-state index contributed by atoms with van der Waals surface area (Å²) in [5.41, 5.74) is 0.990. The molecule has 4 heterocycles. The molecule has 0 saturated carbocycles. The Morgan fingerprint density at radius 3 is 2.61 bits per heavy atom. The van der Waals surface area contributed by atoms with Gasteiger partial charge >= 0.3 is 0 Å². The Labute approximate surface area is 211 Å². The summed E-state index contributed by atoms with van der Waals surface area (Å²) in [7, 11) is 0. The number of nitrogens with one attached hydrogen (secondary N) is 1. The van der Waals surface area contributed by atoms with Gasteiger partial charge in [-0.05, 0) is 55.2 Å². The molecular formula is C28H24F2N4OS. The minimum Gasteiger partial charge on any atom is -0.508 e. The number of aromatic hydroxyl groups is 1. The van der Waals surface area contributed by atoms with Crippen LogP contribution in [0.2, 0.25) is 0 Å². The van der Waals surface area contributed by atoms with Crippen LogP contribution in [0.1, 0.15) is 24.0 Å². The smallest absolute Gasteiger partial charge is 0.157 e. The molecule has 36 heavy (non-hydrogen) atoms. The average Bonchev–Trinajstić information content (AvgIpc) is 3.21. The molecule has 0 amide bonds. The summed E-state index contributed by atoms with van der Waals surface area (Å²) in [5.74, 6) is 1.91. The molecule has 2 aliphatic heterocycles. The Hall–Kier alpha value is -3.41. The van der Waals surface area contributed by atoms with Crippen LogP contribution in [0.4, 0.5) is 14.6 Å². The number of hydrogen-bond acceptors (Lipinski definition) is 6. The number of pyridine rings is 2. The number of rotatable bonds is 3. The summed E-state index contributed by atoms with van der Waals surface area (Å²) in [6, 6.07) is 6.43. The Bertz CT molecular complexity index is 1590. The van der Waals surface area contributed by atoms with E-state index in [2.05, 4.69) is 21.1 Å². The number of aryl methyl sites for hydroxylation is 1. The highest BCUT2D eigenvalue weighted by Gasteiger charge is 2.34. The van der Waals surface area contributed by atoms with Gasteiger partial charge in [-0.25, -0.2) is 13.8 Å². The molecule has 0 radical (unpaired) electrons. The summed E-state index contributed by atoms with van der Waals surface area (Å²) in [6.45, 7) is 3.47. The molecule has 2 atom stereocenters. The second-order valence-corrected chi connectivity index (χ2v) is 10.3. The zero-order valence-electron chi connectivity index (χ0n) is 19.9. The second-order valence-electron chi connectivity index (χ2n) is 9.48. The van der Waals surface area contributed by atoms with E-state index in [1.165, 1.54) is 36.0 Å². The van der Waals surface area contributed by atoms with E-state index in [0.717, 1.165) is 36.8 Å². The molecular weight excluding hydrogens is 478 g/mol. The van der Waals surface area contributed by atoms with Gasteiger partial charge in [0, 0.05) is 53.1 Å². The topological polar surface area (TPSA) is 61.3 Å². The highest BCUT2D eigenvalue weighted by molar-refractivity contribution is 7.98. The maximum Gasteiger partial charge on any atom is 0.157 e. The van der Waals surface area contributed by atoms with Crippen molar-refractivity contribution < 1.29 is 13.9 Å². The summed E-state index contributed by atoms with van der Waals surface area (Å²) < 4.78 is 31.1. The van der Waals surface area contributed by atoms with Crippen LogP contribution in [0.15, 0.2) is 35.5 Å². The number of phenols is 1. The monoisotopic (exact) mass is 502 g/mol. The van der Waals surface area contributed by atoms with Crippen LogP contribution in [-0.2, 0) is 0 Å². The Morgan fingerprint density at radius 1 is 1.17 bits per heavy atom. The molecule has 2 aromatic carbocycles. The first-order valence-electron chi connectivity index (χ1n) is 11.9. The lowest BCUT2D eigenvalue weighted by molar-refractivity contribution is 0.463. The van der Waals surface area contributed by atoms with Crippen LogP contribution in [0.25, 0.3) is 32.8 Å². The van der Waals surface area contributed by atoms with Crippen LogP contribution >= 0.6 is 11.8 Å². The summed E-state index contributed by atoms with van der Waals surface area (Å²) in [6.07, 6.45) is 11.4. The van der Waals surface area contributed by atoms with E-state index in [4.69, 9.17) is 11.4 Å². The molecule has 2 unspecified atom stereocenters. The number of halogens is 2. The summed E-state index contributed by atoms with van der Waals surface area (Å²) in [4.78, 5) is 11.7. The third kappa shape index (κ3) is 3.49. The molecule has 2 aromatic heterocycles. The molecule has 2 N–H and O–H groups in total. The first kappa shape index (κ1) is 23.0. The van der Waals surface area contributed by atoms with E-state index in [1.54, 1.807) is 6.20 Å². The van der Waals surface area contributed by atoms with Crippen LogP contribution in [-0.4, -0.2) is 46.5 Å². The number of piperazine rings is 1. The molecule has 8 heteroatoms.